The third-order valence-electron chi connectivity index (χ3n) is 11.6. The number of nitrogens with zero attached hydrogens (tertiary/aromatic N) is 3. The summed E-state index contributed by atoms with van der Waals surface area (Å²) in [6.45, 7) is 13.5. The van der Waals surface area contributed by atoms with E-state index in [9.17, 15) is 14.0 Å². The second-order valence-corrected chi connectivity index (χ2v) is 18.0. The molecule has 10 rings (SSSR count). The molecule has 4 aromatic carbocycles. The van der Waals surface area contributed by atoms with Crippen molar-refractivity contribution in [1.29, 1.82) is 0 Å². The van der Waals surface area contributed by atoms with Gasteiger partial charge in [0.05, 0.1) is 64.6 Å². The Hall–Kier alpha value is -7.22. The lowest BCUT2D eigenvalue weighted by atomic mass is 10.1. The summed E-state index contributed by atoms with van der Waals surface area (Å²) in [6, 6.07) is 15.9. The van der Waals surface area contributed by atoms with Crippen molar-refractivity contribution in [2.45, 2.75) is 46.1 Å². The molecule has 0 atom stereocenters. The summed E-state index contributed by atoms with van der Waals surface area (Å²) in [5.74, 6) is 4.70. The number of halogens is 2. The summed E-state index contributed by atoms with van der Waals surface area (Å²) in [4.78, 5) is 35.4. The number of benzene rings is 4. The number of carbonyl (C=O) groups excluding carboxylic acids is 2. The maximum absolute atomic E-state index is 14.6. The van der Waals surface area contributed by atoms with Crippen LogP contribution in [0.25, 0.3) is 21.8 Å². The Balaban J connectivity index is 0.000000182. The normalized spacial score (nSPS) is 15.0. The number of amides is 4. The molecule has 2 aromatic heterocycles. The number of carbonyl (C=O) groups is 2. The number of morpholine rings is 1. The number of urea groups is 2. The molecule has 3 aliphatic heterocycles. The minimum atomic E-state index is -0.605. The molecule has 4 amide bonds. The van der Waals surface area contributed by atoms with Crippen LogP contribution in [0, 0.1) is 11.7 Å². The lowest BCUT2D eigenvalue weighted by Gasteiger charge is -2.26. The Morgan fingerprint density at radius 1 is 0.722 bits per heavy atom. The van der Waals surface area contributed by atoms with E-state index in [4.69, 9.17) is 54.2 Å². The summed E-state index contributed by atoms with van der Waals surface area (Å²) >= 11 is 6.46. The van der Waals surface area contributed by atoms with Crippen molar-refractivity contribution in [3.8, 4) is 57.5 Å². The van der Waals surface area contributed by atoms with Crippen molar-refractivity contribution in [1.82, 2.24) is 25.5 Å². The lowest BCUT2D eigenvalue weighted by Crippen LogP contribution is -2.37. The Labute approximate surface area is 420 Å². The average molecular weight is 1010 g/mol. The molecule has 1 saturated heterocycles. The zero-order valence-electron chi connectivity index (χ0n) is 40.3. The lowest BCUT2D eigenvalue weighted by molar-refractivity contribution is 0.0357. The van der Waals surface area contributed by atoms with E-state index >= 15 is 0 Å². The van der Waals surface area contributed by atoms with E-state index in [0.29, 0.717) is 136 Å². The monoisotopic (exact) mass is 1010 g/mol. The fourth-order valence-electron chi connectivity index (χ4n) is 7.99. The number of rotatable bonds is 16. The van der Waals surface area contributed by atoms with Gasteiger partial charge >= 0.3 is 12.1 Å². The van der Waals surface area contributed by atoms with Crippen LogP contribution in [0.3, 0.4) is 0 Å². The van der Waals surface area contributed by atoms with E-state index in [1.165, 1.54) is 12.1 Å². The van der Waals surface area contributed by atoms with Gasteiger partial charge in [0, 0.05) is 68.9 Å². The van der Waals surface area contributed by atoms with Gasteiger partial charge in [0.15, 0.2) is 23.0 Å². The van der Waals surface area contributed by atoms with Gasteiger partial charge in [0.2, 0.25) is 11.5 Å². The molecule has 1 aliphatic carbocycles. The molecule has 0 radical (unpaired) electrons. The van der Waals surface area contributed by atoms with E-state index in [0.717, 1.165) is 52.1 Å². The molecule has 2 fully saturated rings. The smallest absolute Gasteiger partial charge is 0.319 e. The van der Waals surface area contributed by atoms with Gasteiger partial charge in [0.25, 0.3) is 0 Å². The van der Waals surface area contributed by atoms with Crippen LogP contribution in [-0.2, 0) is 4.74 Å². The van der Waals surface area contributed by atoms with Gasteiger partial charge in [-0.2, -0.15) is 0 Å². The fraction of sp³-hybridized carbons (Fsp3) is 0.385. The second kappa shape index (κ2) is 23.3. The van der Waals surface area contributed by atoms with Crippen LogP contribution < -0.4 is 59.2 Å². The second-order valence-electron chi connectivity index (χ2n) is 17.5. The third kappa shape index (κ3) is 12.4. The Morgan fingerprint density at radius 3 is 1.86 bits per heavy atom. The van der Waals surface area contributed by atoms with Gasteiger partial charge in [-0.1, -0.05) is 25.4 Å². The standard InChI is InChI=1S/C29H35ClN4O6.C23H22FN3O5/c1-19(2)18-32-29(35)33-22-5-4-20(16-21(22)30)40-24-6-7-31-23-17-25(27-28(26(23)24)39-15-14-38-27)37-11-3-8-34-9-12-36-13-10-34;1-2-29-19-12-17-20(22-21(19)30-9-10-31-22)18(7-8-25-17)32-14-5-6-16(15(24)11-14)27-23(28)26-13-3-4-13/h4-7,16-17,19H,3,8-15,18H2,1-2H3,(H2,32,33,35);5-8,11-13H,2-4,9-10H2,1H3,(H2,26,27,28). The van der Waals surface area contributed by atoms with Gasteiger partial charge in [-0.3, -0.25) is 14.9 Å². The Bertz CT molecular complexity index is 2900. The third-order valence-corrected chi connectivity index (χ3v) is 11.9. The van der Waals surface area contributed by atoms with Crippen LogP contribution >= 0.6 is 11.6 Å². The predicted octanol–water partition coefficient (Wildman–Crippen LogP) is 9.95. The first-order valence-corrected chi connectivity index (χ1v) is 24.5. The highest BCUT2D eigenvalue weighted by molar-refractivity contribution is 6.33. The number of hydrogen-bond acceptors (Lipinski definition) is 14. The van der Waals surface area contributed by atoms with E-state index in [-0.39, 0.29) is 23.5 Å². The van der Waals surface area contributed by atoms with E-state index < -0.39 is 11.8 Å². The van der Waals surface area contributed by atoms with Gasteiger partial charge < -0.3 is 63.9 Å². The van der Waals surface area contributed by atoms with Crippen LogP contribution in [0.2, 0.25) is 5.02 Å². The van der Waals surface area contributed by atoms with Crippen LogP contribution in [-0.4, -0.2) is 112 Å². The zero-order chi connectivity index (χ0) is 50.0. The summed E-state index contributed by atoms with van der Waals surface area (Å²) in [5.41, 5.74) is 1.83. The van der Waals surface area contributed by atoms with Gasteiger partial charge in [-0.25, -0.2) is 14.0 Å². The largest absolute Gasteiger partial charge is 0.490 e. The van der Waals surface area contributed by atoms with E-state index in [2.05, 4.69) is 36.1 Å². The molecule has 6 aromatic rings. The minimum absolute atomic E-state index is 0.0746. The number of aromatic nitrogens is 2. The van der Waals surface area contributed by atoms with Crippen molar-refractivity contribution in [2.75, 3.05) is 89.7 Å². The molecule has 4 aliphatic rings. The predicted molar refractivity (Wildman–Crippen MR) is 269 cm³/mol. The maximum Gasteiger partial charge on any atom is 0.319 e. The SMILES string of the molecule is CC(C)CNC(=O)Nc1ccc(Oc2ccnc3cc(OCCCN4CCOCC4)c4c(c23)OCCO4)cc1Cl.CCOc1cc2nccc(Oc3ccc(NC(=O)NC4CC4)c(F)c3)c2c2c1OCCO2. The maximum atomic E-state index is 14.6. The molecule has 72 heavy (non-hydrogen) atoms. The molecule has 0 bridgehead atoms. The molecule has 5 heterocycles. The Morgan fingerprint density at radius 2 is 1.29 bits per heavy atom. The Kier molecular flexibility index (Phi) is 16.1. The number of hydrogen-bond donors (Lipinski definition) is 4. The molecular weight excluding hydrogens is 953 g/mol. The first-order chi connectivity index (χ1) is 35.1. The highest BCUT2D eigenvalue weighted by Crippen LogP contribution is 2.50. The van der Waals surface area contributed by atoms with Crippen molar-refractivity contribution >= 4 is 56.8 Å². The van der Waals surface area contributed by atoms with Gasteiger partial charge in [-0.15, -0.1) is 0 Å². The molecule has 20 heteroatoms. The molecule has 1 saturated carbocycles. The molecule has 4 N–H and O–H groups in total. The van der Waals surface area contributed by atoms with E-state index in [1.807, 2.05) is 26.8 Å². The van der Waals surface area contributed by atoms with Gasteiger partial charge in [0.1, 0.15) is 55.2 Å². The number of pyridine rings is 2. The minimum Gasteiger partial charge on any atom is -0.490 e. The first kappa shape index (κ1) is 49.7. The zero-order valence-corrected chi connectivity index (χ0v) is 41.0. The van der Waals surface area contributed by atoms with Crippen LogP contribution in [0.5, 0.6) is 57.5 Å². The van der Waals surface area contributed by atoms with Crippen molar-refractivity contribution in [3.63, 3.8) is 0 Å². The number of fused-ring (bicyclic) bond motifs is 6. The molecule has 0 unspecified atom stereocenters. The summed E-state index contributed by atoms with van der Waals surface area (Å²) in [5, 5.41) is 12.5. The van der Waals surface area contributed by atoms with E-state index in [1.54, 1.807) is 54.9 Å². The highest BCUT2D eigenvalue weighted by atomic mass is 35.5. The van der Waals surface area contributed by atoms with Crippen molar-refractivity contribution < 1.29 is 56.6 Å². The number of anilines is 2. The number of ether oxygens (including phenoxy) is 9. The average Bonchev–Trinajstić information content (AvgIpc) is 4.21. The first-order valence-electron chi connectivity index (χ1n) is 24.2. The topological polar surface area (TPSA) is 194 Å². The summed E-state index contributed by atoms with van der Waals surface area (Å²) < 4.78 is 67.8. The highest BCUT2D eigenvalue weighted by Gasteiger charge is 2.27. The number of nitrogens with one attached hydrogen (secondary N) is 4. The quantitative estimate of drug-likeness (QED) is 0.0669. The molecular formula is C52H57ClFN7O11. The summed E-state index contributed by atoms with van der Waals surface area (Å²) in [6.07, 6.45) is 6.06. The van der Waals surface area contributed by atoms with Crippen LogP contribution in [0.15, 0.2) is 73.1 Å². The molecule has 18 nitrogen and oxygen atoms in total. The van der Waals surface area contributed by atoms with Crippen LogP contribution in [0.1, 0.15) is 40.0 Å². The molecule has 0 spiro atoms. The van der Waals surface area contributed by atoms with Crippen LogP contribution in [0.4, 0.5) is 25.4 Å². The summed E-state index contributed by atoms with van der Waals surface area (Å²) in [7, 11) is 0. The van der Waals surface area contributed by atoms with Crippen molar-refractivity contribution in [3.05, 3.63) is 83.9 Å². The molecule has 380 valence electrons. The van der Waals surface area contributed by atoms with Gasteiger partial charge in [-0.05, 0) is 68.5 Å². The fourth-order valence-corrected chi connectivity index (χ4v) is 8.21. The van der Waals surface area contributed by atoms with Crippen molar-refractivity contribution in [2.24, 2.45) is 5.92 Å².